The van der Waals surface area contributed by atoms with Crippen molar-refractivity contribution in [3.05, 3.63) is 93.3 Å². The zero-order valence-electron chi connectivity index (χ0n) is 18.3. The van der Waals surface area contributed by atoms with Crippen molar-refractivity contribution < 1.29 is 14.4 Å². The van der Waals surface area contributed by atoms with Crippen LogP contribution < -0.4 is 4.90 Å². The van der Waals surface area contributed by atoms with Crippen molar-refractivity contribution in [2.45, 2.75) is 25.9 Å². The van der Waals surface area contributed by atoms with Gasteiger partial charge in [0.2, 0.25) is 11.8 Å². The minimum absolute atomic E-state index is 0.102. The van der Waals surface area contributed by atoms with Gasteiger partial charge in [-0.2, -0.15) is 0 Å². The Balaban J connectivity index is 1.51. The Hall–Kier alpha value is -3.51. The molecule has 164 valence electrons. The normalized spacial score (nSPS) is 25.3. The minimum atomic E-state index is -0.728. The third-order valence-electron chi connectivity index (χ3n) is 7.09. The molecule has 33 heavy (non-hydrogen) atoms. The Morgan fingerprint density at radius 3 is 2.48 bits per heavy atom. The zero-order chi connectivity index (χ0) is 22.9. The number of amides is 2. The van der Waals surface area contributed by atoms with Crippen molar-refractivity contribution in [2.75, 3.05) is 4.90 Å². The summed E-state index contributed by atoms with van der Waals surface area (Å²) in [5.41, 5.74) is 4.56. The molecule has 0 unspecified atom stereocenters. The topological polar surface area (TPSA) is 57.7 Å². The minimum Gasteiger partial charge on any atom is -0.358 e. The van der Waals surface area contributed by atoms with Crippen LogP contribution in [0.1, 0.15) is 38.0 Å². The molecular weight excluding hydrogens is 432 g/mol. The van der Waals surface area contributed by atoms with Crippen molar-refractivity contribution in [3.63, 3.8) is 0 Å². The number of carbonyl (C=O) groups is 3. The fourth-order valence-corrected chi connectivity index (χ4v) is 6.41. The highest BCUT2D eigenvalue weighted by Crippen LogP contribution is 2.54. The van der Waals surface area contributed by atoms with E-state index in [0.717, 1.165) is 22.3 Å². The van der Waals surface area contributed by atoms with Crippen LogP contribution in [-0.2, 0) is 9.59 Å². The second kappa shape index (κ2) is 7.25. The Labute approximate surface area is 195 Å². The Kier molecular flexibility index (Phi) is 4.42. The molecule has 2 fully saturated rings. The Morgan fingerprint density at radius 2 is 1.73 bits per heavy atom. The van der Waals surface area contributed by atoms with Crippen LogP contribution in [0.15, 0.2) is 66.2 Å². The lowest BCUT2D eigenvalue weighted by molar-refractivity contribution is -0.123. The summed E-state index contributed by atoms with van der Waals surface area (Å²) in [5, 5.41) is 1.86. The molecule has 0 radical (unpaired) electrons. The molecule has 2 saturated heterocycles. The number of hydrogen-bond donors (Lipinski definition) is 0. The quantitative estimate of drug-likeness (QED) is 0.423. The van der Waals surface area contributed by atoms with E-state index in [1.807, 2.05) is 84.9 Å². The molecule has 3 aliphatic heterocycles. The van der Waals surface area contributed by atoms with Gasteiger partial charge in [-0.1, -0.05) is 48.0 Å². The van der Waals surface area contributed by atoms with E-state index in [1.54, 1.807) is 6.07 Å². The second-order valence-corrected chi connectivity index (χ2v) is 9.92. The fraction of sp³-hybridized carbons (Fsp3) is 0.222. The van der Waals surface area contributed by atoms with Gasteiger partial charge in [0.25, 0.3) is 0 Å². The standard InChI is InChI=1S/C27H22N2O3S/c1-15-9-10-19(16(2)14-15)29-26(31)21-22(27(29)32)24(25(30)20-8-5-13-33-20)28-12-11-17-6-3-4-7-18(17)23(21)28/h3-14,21-24H,1-2H3/t21-,22-,23-,24+/m1/s1. The summed E-state index contributed by atoms with van der Waals surface area (Å²) in [5.74, 6) is -1.95. The largest absolute Gasteiger partial charge is 0.358 e. The van der Waals surface area contributed by atoms with Crippen molar-refractivity contribution in [2.24, 2.45) is 11.8 Å². The van der Waals surface area contributed by atoms with Crippen LogP contribution >= 0.6 is 11.3 Å². The maximum absolute atomic E-state index is 13.9. The number of benzene rings is 2. The van der Waals surface area contributed by atoms with Gasteiger partial charge >= 0.3 is 0 Å². The molecule has 2 amide bonds. The lowest BCUT2D eigenvalue weighted by Gasteiger charge is -2.35. The summed E-state index contributed by atoms with van der Waals surface area (Å²) >= 11 is 1.37. The molecule has 3 aliphatic rings. The Morgan fingerprint density at radius 1 is 0.939 bits per heavy atom. The van der Waals surface area contributed by atoms with Gasteiger partial charge in [-0.25, -0.2) is 4.90 Å². The van der Waals surface area contributed by atoms with Crippen molar-refractivity contribution in [3.8, 4) is 0 Å². The third kappa shape index (κ3) is 2.80. The SMILES string of the molecule is Cc1ccc(N2C(=O)[C@@H]3[C@@H](C2=O)[C@H]2c4ccccc4C=CN2[C@@H]3C(=O)c2cccs2)c(C)c1. The zero-order valence-corrected chi connectivity index (χ0v) is 19.1. The Bertz CT molecular complexity index is 1340. The summed E-state index contributed by atoms with van der Waals surface area (Å²) in [6.07, 6.45) is 3.86. The van der Waals surface area contributed by atoms with Crippen LogP contribution in [0.5, 0.6) is 0 Å². The van der Waals surface area contributed by atoms with Crippen LogP contribution in [0.3, 0.4) is 0 Å². The fourth-order valence-electron chi connectivity index (χ4n) is 5.72. The predicted octanol–water partition coefficient (Wildman–Crippen LogP) is 4.76. The van der Waals surface area contributed by atoms with Crippen LogP contribution in [0.25, 0.3) is 6.08 Å². The van der Waals surface area contributed by atoms with Crippen molar-refractivity contribution in [1.29, 1.82) is 0 Å². The molecule has 0 saturated carbocycles. The third-order valence-corrected chi connectivity index (χ3v) is 7.97. The van der Waals surface area contributed by atoms with Crippen molar-refractivity contribution >= 4 is 40.7 Å². The highest BCUT2D eigenvalue weighted by molar-refractivity contribution is 7.12. The molecule has 3 aromatic rings. The number of fused-ring (bicyclic) bond motifs is 5. The van der Waals surface area contributed by atoms with Crippen LogP contribution in [0, 0.1) is 25.7 Å². The first kappa shape index (κ1) is 20.1. The molecule has 4 heterocycles. The lowest BCUT2D eigenvalue weighted by Crippen LogP contribution is -2.44. The van der Waals surface area contributed by atoms with E-state index in [9.17, 15) is 14.4 Å². The summed E-state index contributed by atoms with van der Waals surface area (Å²) in [6.45, 7) is 3.90. The van der Waals surface area contributed by atoms with Crippen LogP contribution in [-0.4, -0.2) is 28.5 Å². The highest BCUT2D eigenvalue weighted by Gasteiger charge is 2.64. The van der Waals surface area contributed by atoms with E-state index in [4.69, 9.17) is 0 Å². The summed E-state index contributed by atoms with van der Waals surface area (Å²) in [4.78, 5) is 45.3. The van der Waals surface area contributed by atoms with E-state index in [1.165, 1.54) is 16.2 Å². The van der Waals surface area contributed by atoms with Gasteiger partial charge in [0.15, 0.2) is 5.78 Å². The van der Waals surface area contributed by atoms with Gasteiger partial charge in [-0.3, -0.25) is 14.4 Å². The van der Waals surface area contributed by atoms with Gasteiger partial charge in [-0.15, -0.1) is 11.3 Å². The smallest absolute Gasteiger partial charge is 0.240 e. The second-order valence-electron chi connectivity index (χ2n) is 8.98. The maximum Gasteiger partial charge on any atom is 0.240 e. The number of aryl methyl sites for hydroxylation is 2. The van der Waals surface area contributed by atoms with E-state index in [2.05, 4.69) is 0 Å². The number of hydrogen-bond acceptors (Lipinski definition) is 5. The molecule has 0 N–H and O–H groups in total. The lowest BCUT2D eigenvalue weighted by atomic mass is 9.84. The summed E-state index contributed by atoms with van der Waals surface area (Å²) in [6, 6.07) is 16.2. The molecule has 0 spiro atoms. The molecule has 6 heteroatoms. The predicted molar refractivity (Wildman–Crippen MR) is 128 cm³/mol. The molecular formula is C27H22N2O3S. The average molecular weight is 455 g/mol. The highest BCUT2D eigenvalue weighted by atomic mass is 32.1. The van der Waals surface area contributed by atoms with Crippen molar-refractivity contribution in [1.82, 2.24) is 4.90 Å². The van der Waals surface area contributed by atoms with Gasteiger partial charge in [-0.05, 0) is 54.1 Å². The van der Waals surface area contributed by atoms with E-state index >= 15 is 0 Å². The maximum atomic E-state index is 13.9. The molecule has 0 bridgehead atoms. The van der Waals surface area contributed by atoms with E-state index in [0.29, 0.717) is 10.6 Å². The molecule has 5 nitrogen and oxygen atoms in total. The molecule has 6 rings (SSSR count). The molecule has 2 aromatic carbocycles. The van der Waals surface area contributed by atoms with E-state index < -0.39 is 17.9 Å². The number of nitrogens with zero attached hydrogens (tertiary/aromatic N) is 2. The number of thiophene rings is 1. The number of Topliss-reactive ketones (excluding diaryl/α,β-unsaturated/α-hetero) is 1. The summed E-state index contributed by atoms with van der Waals surface area (Å²) in [7, 11) is 0. The van der Waals surface area contributed by atoms with Gasteiger partial charge in [0.05, 0.1) is 28.4 Å². The first-order valence-electron chi connectivity index (χ1n) is 11.0. The van der Waals surface area contributed by atoms with Crippen LogP contribution in [0.2, 0.25) is 0 Å². The average Bonchev–Trinajstić information content (AvgIpc) is 3.51. The number of ketones is 1. The number of anilines is 1. The molecule has 0 aliphatic carbocycles. The monoisotopic (exact) mass is 454 g/mol. The van der Waals surface area contributed by atoms with E-state index in [-0.39, 0.29) is 23.6 Å². The first-order chi connectivity index (χ1) is 16.0. The number of carbonyl (C=O) groups excluding carboxylic acids is 3. The molecule has 1 aromatic heterocycles. The first-order valence-corrected chi connectivity index (χ1v) is 11.9. The summed E-state index contributed by atoms with van der Waals surface area (Å²) < 4.78 is 0. The van der Waals surface area contributed by atoms with Gasteiger partial charge < -0.3 is 4.90 Å². The molecule has 4 atom stereocenters. The van der Waals surface area contributed by atoms with Crippen LogP contribution in [0.4, 0.5) is 5.69 Å². The number of imide groups is 1. The van der Waals surface area contributed by atoms with Gasteiger partial charge in [0.1, 0.15) is 6.04 Å². The number of rotatable bonds is 3. The van der Waals surface area contributed by atoms with Gasteiger partial charge in [0, 0.05) is 6.20 Å².